The SMILES string of the molecule is CCNC(=NCCCCCOC)N1CCN(c2nc(CC)ns2)CC1. The van der Waals surface area contributed by atoms with Crippen LogP contribution in [0.1, 0.15) is 38.9 Å². The minimum Gasteiger partial charge on any atom is -0.385 e. The van der Waals surface area contributed by atoms with E-state index in [4.69, 9.17) is 9.73 Å². The topological polar surface area (TPSA) is 65.9 Å². The van der Waals surface area contributed by atoms with Gasteiger partial charge in [0, 0.05) is 70.9 Å². The number of guanidine groups is 1. The minimum absolute atomic E-state index is 0.844. The largest absolute Gasteiger partial charge is 0.385 e. The Morgan fingerprint density at radius 3 is 2.64 bits per heavy atom. The summed E-state index contributed by atoms with van der Waals surface area (Å²) >= 11 is 1.51. The van der Waals surface area contributed by atoms with Crippen molar-refractivity contribution in [3.63, 3.8) is 0 Å². The first-order valence-corrected chi connectivity index (χ1v) is 10.2. The molecule has 0 radical (unpaired) electrons. The lowest BCUT2D eigenvalue weighted by molar-refractivity contribution is 0.192. The second-order valence-electron chi connectivity index (χ2n) is 6.11. The van der Waals surface area contributed by atoms with E-state index in [-0.39, 0.29) is 0 Å². The lowest BCUT2D eigenvalue weighted by atomic mass is 10.2. The van der Waals surface area contributed by atoms with E-state index < -0.39 is 0 Å². The zero-order valence-electron chi connectivity index (χ0n) is 15.8. The van der Waals surface area contributed by atoms with Crippen molar-refractivity contribution in [3.05, 3.63) is 5.82 Å². The van der Waals surface area contributed by atoms with E-state index in [9.17, 15) is 0 Å². The maximum Gasteiger partial charge on any atom is 0.205 e. The van der Waals surface area contributed by atoms with E-state index in [0.29, 0.717) is 0 Å². The van der Waals surface area contributed by atoms with Gasteiger partial charge in [-0.25, -0.2) is 4.98 Å². The number of hydrogen-bond donors (Lipinski definition) is 1. The summed E-state index contributed by atoms with van der Waals surface area (Å²) in [7, 11) is 1.76. The standard InChI is InChI=1S/C17H32N6OS/c1-4-15-20-17(25-21-15)23-12-10-22(11-13-23)16(18-5-2)19-9-7-6-8-14-24-3/h4-14H2,1-3H3,(H,18,19). The van der Waals surface area contributed by atoms with Crippen LogP contribution in [0.2, 0.25) is 0 Å². The van der Waals surface area contributed by atoms with Gasteiger partial charge in [-0.15, -0.1) is 0 Å². The van der Waals surface area contributed by atoms with Gasteiger partial charge >= 0.3 is 0 Å². The number of piperazine rings is 1. The van der Waals surface area contributed by atoms with Crippen LogP contribution in [0.3, 0.4) is 0 Å². The Labute approximate surface area is 155 Å². The number of ether oxygens (including phenoxy) is 1. The maximum atomic E-state index is 5.09. The number of nitrogens with one attached hydrogen (secondary N) is 1. The Morgan fingerprint density at radius 2 is 2.00 bits per heavy atom. The number of aromatic nitrogens is 2. The number of methoxy groups -OCH3 is 1. The Bertz CT molecular complexity index is 513. The molecule has 7 nitrogen and oxygen atoms in total. The van der Waals surface area contributed by atoms with Gasteiger partial charge in [-0.2, -0.15) is 4.37 Å². The van der Waals surface area contributed by atoms with Gasteiger partial charge in [0.2, 0.25) is 5.13 Å². The summed E-state index contributed by atoms with van der Waals surface area (Å²) in [6.45, 7) is 10.7. The Kier molecular flexibility index (Phi) is 8.96. The molecule has 0 aromatic carbocycles. The molecular formula is C17H32N6OS. The molecule has 8 heteroatoms. The summed E-state index contributed by atoms with van der Waals surface area (Å²) in [5.41, 5.74) is 0. The monoisotopic (exact) mass is 368 g/mol. The molecule has 1 aliphatic heterocycles. The molecule has 1 aromatic heterocycles. The van der Waals surface area contributed by atoms with Crippen LogP contribution in [0.5, 0.6) is 0 Å². The molecule has 0 amide bonds. The van der Waals surface area contributed by atoms with E-state index in [1.807, 2.05) is 0 Å². The predicted molar refractivity (Wildman–Crippen MR) is 105 cm³/mol. The maximum absolute atomic E-state index is 5.09. The van der Waals surface area contributed by atoms with E-state index in [0.717, 1.165) is 82.1 Å². The molecule has 1 fully saturated rings. The Morgan fingerprint density at radius 1 is 1.20 bits per heavy atom. The molecular weight excluding hydrogens is 336 g/mol. The summed E-state index contributed by atoms with van der Waals surface area (Å²) in [6.07, 6.45) is 4.30. The average Bonchev–Trinajstić information content (AvgIpc) is 3.13. The number of rotatable bonds is 9. The van der Waals surface area contributed by atoms with Gasteiger partial charge in [-0.05, 0) is 26.2 Å². The van der Waals surface area contributed by atoms with Crippen LogP contribution in [0.15, 0.2) is 4.99 Å². The van der Waals surface area contributed by atoms with Crippen molar-refractivity contribution < 1.29 is 4.74 Å². The second-order valence-corrected chi connectivity index (χ2v) is 6.84. The third-order valence-electron chi connectivity index (χ3n) is 4.23. The van der Waals surface area contributed by atoms with Gasteiger partial charge in [-0.3, -0.25) is 4.99 Å². The lowest BCUT2D eigenvalue weighted by Gasteiger charge is -2.36. The van der Waals surface area contributed by atoms with E-state index in [1.165, 1.54) is 18.0 Å². The Hall–Kier alpha value is -1.41. The van der Waals surface area contributed by atoms with E-state index >= 15 is 0 Å². The third-order valence-corrected chi connectivity index (χ3v) is 5.04. The van der Waals surface area contributed by atoms with Crippen LogP contribution in [-0.2, 0) is 11.2 Å². The average molecular weight is 369 g/mol. The van der Waals surface area contributed by atoms with Gasteiger partial charge in [0.05, 0.1) is 0 Å². The lowest BCUT2D eigenvalue weighted by Crippen LogP contribution is -2.52. The molecule has 142 valence electrons. The molecule has 0 unspecified atom stereocenters. The highest BCUT2D eigenvalue weighted by Gasteiger charge is 2.21. The summed E-state index contributed by atoms with van der Waals surface area (Å²) < 4.78 is 9.48. The molecule has 1 N–H and O–H groups in total. The van der Waals surface area contributed by atoms with Crippen LogP contribution >= 0.6 is 11.5 Å². The number of nitrogens with zero attached hydrogens (tertiary/aromatic N) is 5. The fourth-order valence-corrected chi connectivity index (χ4v) is 3.57. The second kappa shape index (κ2) is 11.3. The number of aliphatic imine (C=N–C) groups is 1. The van der Waals surface area contributed by atoms with Crippen LogP contribution < -0.4 is 10.2 Å². The predicted octanol–water partition coefficient (Wildman–Crippen LogP) is 2.00. The van der Waals surface area contributed by atoms with Crippen LogP contribution in [0.4, 0.5) is 5.13 Å². The van der Waals surface area contributed by atoms with E-state index in [2.05, 4.69) is 38.3 Å². The normalized spacial score (nSPS) is 15.7. The molecule has 0 atom stereocenters. The molecule has 2 rings (SSSR count). The first-order chi connectivity index (χ1) is 12.3. The van der Waals surface area contributed by atoms with Crippen LogP contribution in [0.25, 0.3) is 0 Å². The van der Waals surface area contributed by atoms with Gasteiger partial charge in [0.15, 0.2) is 5.96 Å². The van der Waals surface area contributed by atoms with Crippen molar-refractivity contribution in [2.75, 3.05) is 57.9 Å². The number of aryl methyl sites for hydroxylation is 1. The van der Waals surface area contributed by atoms with Crippen molar-refractivity contribution in [1.29, 1.82) is 0 Å². The Balaban J connectivity index is 1.80. The van der Waals surface area contributed by atoms with Crippen molar-refractivity contribution >= 4 is 22.6 Å². The quantitative estimate of drug-likeness (QED) is 0.409. The van der Waals surface area contributed by atoms with Crippen LogP contribution in [0, 0.1) is 0 Å². The molecule has 0 bridgehead atoms. The molecule has 0 saturated carbocycles. The molecule has 0 spiro atoms. The van der Waals surface area contributed by atoms with Gasteiger partial charge in [0.25, 0.3) is 0 Å². The van der Waals surface area contributed by atoms with Crippen molar-refractivity contribution in [1.82, 2.24) is 19.6 Å². The molecule has 1 saturated heterocycles. The zero-order chi connectivity index (χ0) is 17.9. The van der Waals surface area contributed by atoms with E-state index in [1.54, 1.807) is 7.11 Å². The summed E-state index contributed by atoms with van der Waals surface area (Å²) in [5, 5.41) is 4.48. The van der Waals surface area contributed by atoms with Gasteiger partial charge in [-0.1, -0.05) is 6.92 Å². The highest BCUT2D eigenvalue weighted by atomic mass is 32.1. The summed E-state index contributed by atoms with van der Waals surface area (Å²) in [6, 6.07) is 0. The molecule has 2 heterocycles. The van der Waals surface area contributed by atoms with Gasteiger partial charge < -0.3 is 19.9 Å². The fraction of sp³-hybridized carbons (Fsp3) is 0.824. The highest BCUT2D eigenvalue weighted by molar-refractivity contribution is 7.09. The first kappa shape index (κ1) is 19.9. The summed E-state index contributed by atoms with van der Waals surface area (Å²) in [4.78, 5) is 14.1. The van der Waals surface area contributed by atoms with Crippen molar-refractivity contribution in [3.8, 4) is 0 Å². The zero-order valence-corrected chi connectivity index (χ0v) is 16.6. The third kappa shape index (κ3) is 6.43. The molecule has 1 aliphatic rings. The summed E-state index contributed by atoms with van der Waals surface area (Å²) in [5.74, 6) is 1.99. The van der Waals surface area contributed by atoms with Crippen molar-refractivity contribution in [2.45, 2.75) is 39.5 Å². The van der Waals surface area contributed by atoms with Crippen molar-refractivity contribution in [2.24, 2.45) is 4.99 Å². The molecule has 0 aliphatic carbocycles. The smallest absolute Gasteiger partial charge is 0.205 e. The minimum atomic E-state index is 0.844. The number of hydrogen-bond acceptors (Lipinski definition) is 6. The number of anilines is 1. The number of unbranched alkanes of at least 4 members (excludes halogenated alkanes) is 2. The highest BCUT2D eigenvalue weighted by Crippen LogP contribution is 2.19. The molecule has 25 heavy (non-hydrogen) atoms. The fourth-order valence-electron chi connectivity index (χ4n) is 2.77. The molecule has 1 aromatic rings. The van der Waals surface area contributed by atoms with Gasteiger partial charge in [0.1, 0.15) is 5.82 Å². The van der Waals surface area contributed by atoms with Crippen LogP contribution in [-0.4, -0.2) is 73.2 Å². The first-order valence-electron chi connectivity index (χ1n) is 9.38.